The molecular weight excluding hydrogens is 228 g/mol. The van der Waals surface area contributed by atoms with E-state index in [1.165, 1.54) is 25.7 Å². The van der Waals surface area contributed by atoms with Gasteiger partial charge in [-0.25, -0.2) is 0 Å². The molecule has 0 saturated heterocycles. The normalized spacial score (nSPS) is 17.6. The van der Waals surface area contributed by atoms with Crippen LogP contribution in [-0.4, -0.2) is 24.1 Å². The van der Waals surface area contributed by atoms with Gasteiger partial charge in [0, 0.05) is 5.56 Å². The Bertz CT molecular complexity index is 366. The number of aldehydes is 1. The molecule has 0 aromatic heterocycles. The fourth-order valence-corrected chi connectivity index (χ4v) is 2.53. The van der Waals surface area contributed by atoms with Crippen LogP contribution in [0.4, 0.5) is 0 Å². The lowest BCUT2D eigenvalue weighted by atomic mass is 10.0. The van der Waals surface area contributed by atoms with Crippen molar-refractivity contribution in [2.75, 3.05) is 6.61 Å². The fourth-order valence-electron chi connectivity index (χ4n) is 2.53. The predicted molar refractivity (Wildman–Crippen MR) is 69.9 cm³/mol. The third kappa shape index (κ3) is 3.84. The average molecular weight is 248 g/mol. The minimum absolute atomic E-state index is 0.330. The van der Waals surface area contributed by atoms with Crippen molar-refractivity contribution in [2.45, 2.75) is 38.2 Å². The first-order chi connectivity index (χ1) is 8.78. The van der Waals surface area contributed by atoms with Gasteiger partial charge in [-0.15, -0.1) is 0 Å². The van der Waals surface area contributed by atoms with Gasteiger partial charge in [-0.3, -0.25) is 4.79 Å². The summed E-state index contributed by atoms with van der Waals surface area (Å²) in [6.07, 6.45) is 6.33. The minimum atomic E-state index is -0.390. The molecule has 98 valence electrons. The van der Waals surface area contributed by atoms with E-state index in [2.05, 4.69) is 0 Å². The van der Waals surface area contributed by atoms with E-state index in [4.69, 9.17) is 4.74 Å². The lowest BCUT2D eigenvalue weighted by Crippen LogP contribution is -2.20. The van der Waals surface area contributed by atoms with Crippen LogP contribution in [0.2, 0.25) is 0 Å². The van der Waals surface area contributed by atoms with Crippen LogP contribution in [0.5, 0.6) is 5.75 Å². The Kier molecular flexibility index (Phi) is 4.76. The molecule has 2 rings (SSSR count). The molecule has 1 fully saturated rings. The molecular formula is C15H20O3. The highest BCUT2D eigenvalue weighted by Gasteiger charge is 2.19. The number of aliphatic hydroxyl groups excluding tert-OH is 1. The first-order valence-electron chi connectivity index (χ1n) is 6.64. The van der Waals surface area contributed by atoms with Crippen LogP contribution in [-0.2, 0) is 0 Å². The minimum Gasteiger partial charge on any atom is -0.491 e. The Morgan fingerprint density at radius 2 is 1.94 bits per heavy atom. The SMILES string of the molecule is O=Cc1ccc(OCC(O)CC2CCCC2)cc1. The lowest BCUT2D eigenvalue weighted by molar-refractivity contribution is 0.0855. The summed E-state index contributed by atoms with van der Waals surface area (Å²) in [6, 6.07) is 6.94. The highest BCUT2D eigenvalue weighted by molar-refractivity contribution is 5.74. The van der Waals surface area contributed by atoms with Crippen LogP contribution in [0.25, 0.3) is 0 Å². The molecule has 18 heavy (non-hydrogen) atoms. The second kappa shape index (κ2) is 6.55. The van der Waals surface area contributed by atoms with Crippen LogP contribution in [0.15, 0.2) is 24.3 Å². The monoisotopic (exact) mass is 248 g/mol. The number of carbonyl (C=O) groups is 1. The van der Waals surface area contributed by atoms with Crippen LogP contribution in [0, 0.1) is 5.92 Å². The Hall–Kier alpha value is -1.35. The van der Waals surface area contributed by atoms with Crippen molar-refractivity contribution >= 4 is 6.29 Å². The standard InChI is InChI=1S/C15H20O3/c16-10-13-5-7-15(8-6-13)18-11-14(17)9-12-3-1-2-4-12/h5-8,10,12,14,17H,1-4,9,11H2. The largest absolute Gasteiger partial charge is 0.491 e. The van der Waals surface area contributed by atoms with Crippen molar-refractivity contribution in [3.05, 3.63) is 29.8 Å². The number of hydrogen-bond donors (Lipinski definition) is 1. The van der Waals surface area contributed by atoms with Crippen molar-refractivity contribution in [1.29, 1.82) is 0 Å². The van der Waals surface area contributed by atoms with Gasteiger partial charge >= 0.3 is 0 Å². The summed E-state index contributed by atoms with van der Waals surface area (Å²) in [5, 5.41) is 9.89. The van der Waals surface area contributed by atoms with Crippen molar-refractivity contribution in [3.63, 3.8) is 0 Å². The number of benzene rings is 1. The summed E-state index contributed by atoms with van der Waals surface area (Å²) in [6.45, 7) is 0.330. The number of ether oxygens (including phenoxy) is 1. The van der Waals surface area contributed by atoms with Crippen molar-refractivity contribution in [3.8, 4) is 5.75 Å². The predicted octanol–water partition coefficient (Wildman–Crippen LogP) is 2.82. The van der Waals surface area contributed by atoms with Gasteiger partial charge in [0.25, 0.3) is 0 Å². The zero-order chi connectivity index (χ0) is 12.8. The first-order valence-corrected chi connectivity index (χ1v) is 6.64. The molecule has 0 heterocycles. The maximum absolute atomic E-state index is 10.5. The van der Waals surface area contributed by atoms with Crippen LogP contribution >= 0.6 is 0 Å². The van der Waals surface area contributed by atoms with E-state index in [0.717, 1.165) is 12.7 Å². The molecule has 1 N–H and O–H groups in total. The van der Waals surface area contributed by atoms with Gasteiger partial charge in [0.05, 0.1) is 6.10 Å². The molecule has 1 atom stereocenters. The maximum Gasteiger partial charge on any atom is 0.150 e. The Morgan fingerprint density at radius 3 is 2.56 bits per heavy atom. The van der Waals surface area contributed by atoms with E-state index in [1.807, 2.05) is 0 Å². The van der Waals surface area contributed by atoms with Gasteiger partial charge in [0.15, 0.2) is 0 Å². The van der Waals surface area contributed by atoms with Crippen LogP contribution in [0.3, 0.4) is 0 Å². The molecule has 1 aromatic rings. The molecule has 0 aliphatic heterocycles. The van der Waals surface area contributed by atoms with Gasteiger partial charge in [-0.05, 0) is 36.6 Å². The average Bonchev–Trinajstić information content (AvgIpc) is 2.90. The third-order valence-electron chi connectivity index (χ3n) is 3.54. The molecule has 0 radical (unpaired) electrons. The molecule has 1 aliphatic rings. The molecule has 1 aromatic carbocycles. The molecule has 1 saturated carbocycles. The summed E-state index contributed by atoms with van der Waals surface area (Å²) in [4.78, 5) is 10.5. The first kappa shape index (κ1) is 13.1. The van der Waals surface area contributed by atoms with Gasteiger partial charge in [0.1, 0.15) is 18.6 Å². The highest BCUT2D eigenvalue weighted by Crippen LogP contribution is 2.28. The smallest absolute Gasteiger partial charge is 0.150 e. The molecule has 0 spiro atoms. The molecule has 1 unspecified atom stereocenters. The summed E-state index contributed by atoms with van der Waals surface area (Å²) >= 11 is 0. The van der Waals surface area contributed by atoms with Gasteiger partial charge in [0.2, 0.25) is 0 Å². The fraction of sp³-hybridized carbons (Fsp3) is 0.533. The number of hydrogen-bond acceptors (Lipinski definition) is 3. The van der Waals surface area contributed by atoms with E-state index in [-0.39, 0.29) is 6.10 Å². The van der Waals surface area contributed by atoms with E-state index in [0.29, 0.717) is 23.8 Å². The Morgan fingerprint density at radius 1 is 1.28 bits per heavy atom. The van der Waals surface area contributed by atoms with Gasteiger partial charge in [-0.1, -0.05) is 25.7 Å². The highest BCUT2D eigenvalue weighted by atomic mass is 16.5. The van der Waals surface area contributed by atoms with Crippen LogP contribution < -0.4 is 4.74 Å². The van der Waals surface area contributed by atoms with Gasteiger partial charge in [-0.2, -0.15) is 0 Å². The Labute approximate surface area is 108 Å². The van der Waals surface area contributed by atoms with E-state index in [1.54, 1.807) is 24.3 Å². The quantitative estimate of drug-likeness (QED) is 0.787. The van der Waals surface area contributed by atoms with E-state index in [9.17, 15) is 9.90 Å². The zero-order valence-electron chi connectivity index (χ0n) is 10.5. The molecule has 3 heteroatoms. The van der Waals surface area contributed by atoms with E-state index >= 15 is 0 Å². The van der Waals surface area contributed by atoms with Gasteiger partial charge < -0.3 is 9.84 Å². The maximum atomic E-state index is 10.5. The molecule has 1 aliphatic carbocycles. The zero-order valence-corrected chi connectivity index (χ0v) is 10.5. The summed E-state index contributed by atoms with van der Waals surface area (Å²) in [5.74, 6) is 1.37. The Balaban J connectivity index is 1.73. The number of rotatable bonds is 6. The van der Waals surface area contributed by atoms with E-state index < -0.39 is 0 Å². The third-order valence-corrected chi connectivity index (χ3v) is 3.54. The number of aliphatic hydroxyl groups is 1. The lowest BCUT2D eigenvalue weighted by Gasteiger charge is -2.16. The molecule has 3 nitrogen and oxygen atoms in total. The van der Waals surface area contributed by atoms with Crippen LogP contribution in [0.1, 0.15) is 42.5 Å². The summed E-state index contributed by atoms with van der Waals surface area (Å²) in [7, 11) is 0. The molecule has 0 bridgehead atoms. The van der Waals surface area contributed by atoms with Crippen molar-refractivity contribution in [1.82, 2.24) is 0 Å². The number of carbonyl (C=O) groups excluding carboxylic acids is 1. The second-order valence-electron chi connectivity index (χ2n) is 5.04. The molecule has 0 amide bonds. The topological polar surface area (TPSA) is 46.5 Å². The summed E-state index contributed by atoms with van der Waals surface area (Å²) < 4.78 is 5.51. The second-order valence-corrected chi connectivity index (χ2v) is 5.04. The summed E-state index contributed by atoms with van der Waals surface area (Å²) in [5.41, 5.74) is 0.633. The van der Waals surface area contributed by atoms with Crippen molar-refractivity contribution in [2.24, 2.45) is 5.92 Å². The van der Waals surface area contributed by atoms with Crippen molar-refractivity contribution < 1.29 is 14.6 Å².